The molecule has 0 aliphatic heterocycles. The van der Waals surface area contributed by atoms with Crippen LogP contribution in [0.3, 0.4) is 0 Å². The molecule has 0 rings (SSSR count). The van der Waals surface area contributed by atoms with Gasteiger partial charge in [0.25, 0.3) is 0 Å². The lowest BCUT2D eigenvalue weighted by molar-refractivity contribution is -0.123. The fourth-order valence-electron chi connectivity index (χ4n) is 1.01. The van der Waals surface area contributed by atoms with E-state index in [1.54, 1.807) is 6.92 Å². The molecule has 0 aromatic rings. The first-order valence-electron chi connectivity index (χ1n) is 5.21. The molecule has 0 aromatic carbocycles. The smallest absolute Gasteiger partial charge is 0.236 e. The van der Waals surface area contributed by atoms with Crippen molar-refractivity contribution in [2.75, 3.05) is 19.8 Å². The molecule has 0 bridgehead atoms. The second kappa shape index (κ2) is 6.29. The minimum Gasteiger partial charge on any atom is -0.390 e. The van der Waals surface area contributed by atoms with Crippen molar-refractivity contribution in [2.45, 2.75) is 32.0 Å². The first kappa shape index (κ1) is 16.3. The predicted molar refractivity (Wildman–Crippen MR) is 64.7 cm³/mol. The van der Waals surface area contributed by atoms with Gasteiger partial charge in [-0.1, -0.05) is 0 Å². The van der Waals surface area contributed by atoms with Crippen LogP contribution in [0.15, 0.2) is 0 Å². The summed E-state index contributed by atoms with van der Waals surface area (Å²) in [5.74, 6) is -0.390. The molecule has 102 valence electrons. The van der Waals surface area contributed by atoms with Gasteiger partial charge in [-0.2, -0.15) is 0 Å². The summed E-state index contributed by atoms with van der Waals surface area (Å²) >= 11 is 0. The molecule has 3 atom stereocenters. The van der Waals surface area contributed by atoms with Gasteiger partial charge >= 0.3 is 0 Å². The van der Waals surface area contributed by atoms with Crippen LogP contribution >= 0.6 is 0 Å². The number of likely N-dealkylation sites (N-methyl/N-ethyl adjacent to an activating group) is 1. The maximum Gasteiger partial charge on any atom is 0.236 e. The number of hydrogen-bond donors (Lipinski definition) is 3. The Morgan fingerprint density at radius 3 is 2.29 bits per heavy atom. The van der Waals surface area contributed by atoms with E-state index in [0.717, 1.165) is 10.6 Å². The Morgan fingerprint density at radius 1 is 1.47 bits per heavy atom. The lowest BCUT2D eigenvalue weighted by Crippen LogP contribution is -2.50. The summed E-state index contributed by atoms with van der Waals surface area (Å²) in [5.41, 5.74) is 5.35. The highest BCUT2D eigenvalue weighted by atomic mass is 32.2. The molecular weight excluding hydrogens is 246 g/mol. The molecule has 4 N–H and O–H groups in total. The van der Waals surface area contributed by atoms with Crippen molar-refractivity contribution >= 4 is 15.9 Å². The molecule has 0 aliphatic carbocycles. The normalized spacial score (nSPS) is 17.6. The molecule has 0 aromatic heterocycles. The van der Waals surface area contributed by atoms with Crippen molar-refractivity contribution < 1.29 is 18.3 Å². The third kappa shape index (κ3) is 5.97. The van der Waals surface area contributed by atoms with Gasteiger partial charge in [0.05, 0.1) is 24.4 Å². The van der Waals surface area contributed by atoms with Crippen molar-refractivity contribution in [1.82, 2.24) is 9.62 Å². The Morgan fingerprint density at radius 2 is 1.94 bits per heavy atom. The molecule has 3 unspecified atom stereocenters. The minimum absolute atomic E-state index is 0.0841. The van der Waals surface area contributed by atoms with E-state index in [-0.39, 0.29) is 6.54 Å². The molecule has 1 amide bonds. The summed E-state index contributed by atoms with van der Waals surface area (Å²) in [5, 5.41) is 12.2. The number of hydrogen-bond acceptors (Lipinski definition) is 5. The van der Waals surface area contributed by atoms with E-state index in [2.05, 4.69) is 5.32 Å². The van der Waals surface area contributed by atoms with Crippen LogP contribution in [-0.4, -0.2) is 61.8 Å². The van der Waals surface area contributed by atoms with E-state index in [1.807, 2.05) is 0 Å². The number of nitrogens with one attached hydrogen (secondary N) is 1. The summed E-state index contributed by atoms with van der Waals surface area (Å²) in [6, 6.07) is -1.24. The van der Waals surface area contributed by atoms with Gasteiger partial charge in [0, 0.05) is 13.6 Å². The van der Waals surface area contributed by atoms with Crippen LogP contribution in [0.5, 0.6) is 0 Å². The van der Waals surface area contributed by atoms with E-state index in [9.17, 15) is 18.3 Å². The van der Waals surface area contributed by atoms with Crippen molar-refractivity contribution in [1.29, 1.82) is 0 Å². The molecule has 0 saturated carbocycles. The summed E-state index contributed by atoms with van der Waals surface area (Å²) in [7, 11) is -1.98. The second-order valence-electron chi connectivity index (χ2n) is 4.20. The fourth-order valence-corrected chi connectivity index (χ4v) is 1.43. The SMILES string of the molecule is CC(N)C(=O)NC(C)C(O)CN(C)S(C)(=O)=O. The molecule has 17 heavy (non-hydrogen) atoms. The van der Waals surface area contributed by atoms with Gasteiger partial charge in [-0.15, -0.1) is 0 Å². The average Bonchev–Trinajstić information content (AvgIpc) is 2.15. The third-order valence-electron chi connectivity index (χ3n) is 2.37. The monoisotopic (exact) mass is 267 g/mol. The third-order valence-corrected chi connectivity index (χ3v) is 3.65. The summed E-state index contributed by atoms with van der Waals surface area (Å²) in [4.78, 5) is 11.3. The molecule has 0 heterocycles. The Balaban J connectivity index is 4.33. The zero-order valence-corrected chi connectivity index (χ0v) is 11.4. The number of nitrogens with zero attached hydrogens (tertiary/aromatic N) is 1. The molecule has 0 spiro atoms. The van der Waals surface area contributed by atoms with Crippen LogP contribution in [0.2, 0.25) is 0 Å². The van der Waals surface area contributed by atoms with Gasteiger partial charge in [0.15, 0.2) is 0 Å². The topological polar surface area (TPSA) is 113 Å². The largest absolute Gasteiger partial charge is 0.390 e. The highest BCUT2D eigenvalue weighted by Crippen LogP contribution is 2.00. The average molecular weight is 267 g/mol. The Labute approximate surface area is 102 Å². The predicted octanol–water partition coefficient (Wildman–Crippen LogP) is -1.91. The van der Waals surface area contributed by atoms with Gasteiger partial charge in [-0.3, -0.25) is 4.79 Å². The van der Waals surface area contributed by atoms with Crippen molar-refractivity contribution in [2.24, 2.45) is 5.73 Å². The Kier molecular flexibility index (Phi) is 6.03. The number of nitrogens with two attached hydrogens (primary N) is 1. The second-order valence-corrected chi connectivity index (χ2v) is 6.29. The quantitative estimate of drug-likeness (QED) is 0.520. The number of rotatable bonds is 6. The summed E-state index contributed by atoms with van der Waals surface area (Å²) < 4.78 is 23.3. The molecule has 8 heteroatoms. The van der Waals surface area contributed by atoms with Crippen LogP contribution in [0, 0.1) is 0 Å². The standard InChI is InChI=1S/C9H21N3O4S/c1-6(10)9(14)11-7(2)8(13)5-12(3)17(4,15)16/h6-8,13H,5,10H2,1-4H3,(H,11,14). The van der Waals surface area contributed by atoms with Crippen LogP contribution < -0.4 is 11.1 Å². The molecule has 7 nitrogen and oxygen atoms in total. The number of amides is 1. The highest BCUT2D eigenvalue weighted by molar-refractivity contribution is 7.88. The molecular formula is C9H21N3O4S. The number of aliphatic hydroxyl groups excluding tert-OH is 1. The van der Waals surface area contributed by atoms with Crippen molar-refractivity contribution in [3.8, 4) is 0 Å². The lowest BCUT2D eigenvalue weighted by atomic mass is 10.1. The van der Waals surface area contributed by atoms with Crippen LogP contribution in [0.1, 0.15) is 13.8 Å². The maximum atomic E-state index is 11.3. The van der Waals surface area contributed by atoms with Gasteiger partial charge < -0.3 is 16.2 Å². The first-order valence-corrected chi connectivity index (χ1v) is 7.06. The molecule has 0 radical (unpaired) electrons. The summed E-state index contributed by atoms with van der Waals surface area (Å²) in [6.45, 7) is 3.03. The summed E-state index contributed by atoms with van der Waals surface area (Å²) in [6.07, 6.45) is 0.0581. The van der Waals surface area contributed by atoms with E-state index in [4.69, 9.17) is 5.73 Å². The van der Waals surface area contributed by atoms with Crippen molar-refractivity contribution in [3.05, 3.63) is 0 Å². The van der Waals surface area contributed by atoms with E-state index in [1.165, 1.54) is 14.0 Å². The van der Waals surface area contributed by atoms with E-state index < -0.39 is 34.1 Å². The Bertz CT molecular complexity index is 355. The molecule has 0 saturated heterocycles. The lowest BCUT2D eigenvalue weighted by Gasteiger charge is -2.24. The number of sulfonamides is 1. The van der Waals surface area contributed by atoms with Crippen LogP contribution in [0.4, 0.5) is 0 Å². The number of aliphatic hydroxyl groups is 1. The zero-order valence-electron chi connectivity index (χ0n) is 10.5. The van der Waals surface area contributed by atoms with E-state index in [0.29, 0.717) is 0 Å². The maximum absolute atomic E-state index is 11.3. The molecule has 0 aliphatic rings. The fraction of sp³-hybridized carbons (Fsp3) is 0.889. The van der Waals surface area contributed by atoms with Crippen molar-refractivity contribution in [3.63, 3.8) is 0 Å². The van der Waals surface area contributed by atoms with Gasteiger partial charge in [0.1, 0.15) is 0 Å². The van der Waals surface area contributed by atoms with E-state index >= 15 is 0 Å². The van der Waals surface area contributed by atoms with Gasteiger partial charge in [-0.05, 0) is 13.8 Å². The molecule has 0 fully saturated rings. The highest BCUT2D eigenvalue weighted by Gasteiger charge is 2.22. The number of carbonyl (C=O) groups excluding carboxylic acids is 1. The number of carbonyl (C=O) groups is 1. The Hall–Kier alpha value is -0.700. The first-order chi connectivity index (χ1) is 7.55. The zero-order chi connectivity index (χ0) is 13.8. The van der Waals surface area contributed by atoms with Gasteiger partial charge in [-0.25, -0.2) is 12.7 Å². The van der Waals surface area contributed by atoms with Gasteiger partial charge in [0.2, 0.25) is 15.9 Å². The minimum atomic E-state index is -3.34. The van der Waals surface area contributed by atoms with Crippen LogP contribution in [-0.2, 0) is 14.8 Å². The van der Waals surface area contributed by atoms with Crippen LogP contribution in [0.25, 0.3) is 0 Å².